The van der Waals surface area contributed by atoms with Crippen molar-refractivity contribution in [2.24, 2.45) is 5.92 Å². The molecule has 1 N–H and O–H groups in total. The minimum absolute atomic E-state index is 0.137. The molecule has 1 aromatic heterocycles. The molecule has 1 aromatic rings. The number of aromatic nitrogens is 2. The molecule has 0 aromatic carbocycles. The summed E-state index contributed by atoms with van der Waals surface area (Å²) in [6.45, 7) is 5.32. The predicted octanol–water partition coefficient (Wildman–Crippen LogP) is 3.52. The van der Waals surface area contributed by atoms with Crippen molar-refractivity contribution in [2.75, 3.05) is 14.2 Å². The number of aryl methyl sites for hydroxylation is 1. The van der Waals surface area contributed by atoms with E-state index in [0.29, 0.717) is 5.92 Å². The van der Waals surface area contributed by atoms with Gasteiger partial charge in [-0.2, -0.15) is 5.10 Å². The lowest BCUT2D eigenvalue weighted by molar-refractivity contribution is -0.0809. The molecule has 3 unspecified atom stereocenters. The average Bonchev–Trinajstić information content (AvgIpc) is 2.81. The molecule has 0 spiro atoms. The Bertz CT molecular complexity index is 448. The number of likely N-dealkylation sites (N-methyl/N-ethyl adjacent to an activating group) is 1. The Labute approximate surface area is 130 Å². The second-order valence-electron chi connectivity index (χ2n) is 5.89. The molecule has 1 aliphatic carbocycles. The first-order valence-corrected chi connectivity index (χ1v) is 8.31. The number of hydrogen-bond acceptors (Lipinski definition) is 3. The zero-order chi connectivity index (χ0) is 14.8. The lowest BCUT2D eigenvalue weighted by Gasteiger charge is -2.44. The van der Waals surface area contributed by atoms with Crippen molar-refractivity contribution in [1.29, 1.82) is 0 Å². The summed E-state index contributed by atoms with van der Waals surface area (Å²) in [7, 11) is 3.87. The third kappa shape index (κ3) is 2.81. The fourth-order valence-electron chi connectivity index (χ4n) is 3.67. The fourth-order valence-corrected chi connectivity index (χ4v) is 4.19. The second-order valence-corrected chi connectivity index (χ2v) is 6.74. The first-order chi connectivity index (χ1) is 9.57. The number of methoxy groups -OCH3 is 1. The van der Waals surface area contributed by atoms with Gasteiger partial charge in [0.15, 0.2) is 0 Å². The highest BCUT2D eigenvalue weighted by Gasteiger charge is 2.44. The lowest BCUT2D eigenvalue weighted by Crippen LogP contribution is -2.48. The Morgan fingerprint density at radius 3 is 2.95 bits per heavy atom. The van der Waals surface area contributed by atoms with Crippen LogP contribution in [0.25, 0.3) is 0 Å². The monoisotopic (exact) mass is 343 g/mol. The molecule has 0 aliphatic heterocycles. The Hall–Kier alpha value is -0.390. The fraction of sp³-hybridized carbons (Fsp3) is 0.800. The zero-order valence-electron chi connectivity index (χ0n) is 12.9. The molecule has 0 amide bonds. The molecular formula is C15H26BrN3O. The van der Waals surface area contributed by atoms with Gasteiger partial charge in [0.1, 0.15) is 0 Å². The van der Waals surface area contributed by atoms with E-state index in [1.165, 1.54) is 18.5 Å². The summed E-state index contributed by atoms with van der Waals surface area (Å²) in [6.07, 6.45) is 6.61. The number of hydrogen-bond donors (Lipinski definition) is 1. The number of ether oxygens (including phenoxy) is 1. The van der Waals surface area contributed by atoms with E-state index in [1.807, 2.05) is 20.4 Å². The van der Waals surface area contributed by atoms with Gasteiger partial charge in [-0.1, -0.05) is 19.8 Å². The van der Waals surface area contributed by atoms with Gasteiger partial charge in [0.25, 0.3) is 0 Å². The molecule has 0 radical (unpaired) electrons. The van der Waals surface area contributed by atoms with Crippen molar-refractivity contribution < 1.29 is 4.74 Å². The van der Waals surface area contributed by atoms with E-state index >= 15 is 0 Å². The normalized spacial score (nSPS) is 28.6. The van der Waals surface area contributed by atoms with E-state index in [1.54, 1.807) is 0 Å². The van der Waals surface area contributed by atoms with Crippen LogP contribution in [0.4, 0.5) is 0 Å². The largest absolute Gasteiger partial charge is 0.376 e. The van der Waals surface area contributed by atoms with E-state index < -0.39 is 0 Å². The predicted molar refractivity (Wildman–Crippen MR) is 84.8 cm³/mol. The van der Waals surface area contributed by atoms with Crippen molar-refractivity contribution >= 4 is 15.9 Å². The lowest BCUT2D eigenvalue weighted by atomic mass is 9.73. The van der Waals surface area contributed by atoms with E-state index in [9.17, 15) is 0 Å². The third-order valence-electron chi connectivity index (χ3n) is 4.62. The minimum Gasteiger partial charge on any atom is -0.376 e. The number of rotatable bonds is 5. The second kappa shape index (κ2) is 6.58. The molecule has 0 bridgehead atoms. The van der Waals surface area contributed by atoms with Crippen LogP contribution in [0.2, 0.25) is 0 Å². The third-order valence-corrected chi connectivity index (χ3v) is 5.23. The Morgan fingerprint density at radius 2 is 2.40 bits per heavy atom. The molecule has 1 fully saturated rings. The minimum atomic E-state index is -0.137. The quantitative estimate of drug-likeness (QED) is 0.888. The van der Waals surface area contributed by atoms with Crippen molar-refractivity contribution in [1.82, 2.24) is 15.1 Å². The van der Waals surface area contributed by atoms with Gasteiger partial charge in [0, 0.05) is 13.7 Å². The maximum absolute atomic E-state index is 6.06. The molecule has 1 heterocycles. The Morgan fingerprint density at radius 1 is 1.65 bits per heavy atom. The van der Waals surface area contributed by atoms with Gasteiger partial charge in [-0.15, -0.1) is 0 Å². The summed E-state index contributed by atoms with van der Waals surface area (Å²) in [5.41, 5.74) is 1.06. The van der Waals surface area contributed by atoms with Gasteiger partial charge in [0.05, 0.1) is 28.0 Å². The van der Waals surface area contributed by atoms with Crippen molar-refractivity contribution in [3.05, 3.63) is 16.4 Å². The maximum atomic E-state index is 6.06. The average molecular weight is 344 g/mol. The van der Waals surface area contributed by atoms with Crippen LogP contribution in [0.1, 0.15) is 51.3 Å². The van der Waals surface area contributed by atoms with Crippen molar-refractivity contribution in [3.63, 3.8) is 0 Å². The van der Waals surface area contributed by atoms with Gasteiger partial charge in [-0.3, -0.25) is 4.68 Å². The van der Waals surface area contributed by atoms with Gasteiger partial charge < -0.3 is 10.1 Å². The van der Waals surface area contributed by atoms with E-state index in [4.69, 9.17) is 4.74 Å². The molecule has 114 valence electrons. The van der Waals surface area contributed by atoms with Gasteiger partial charge >= 0.3 is 0 Å². The van der Waals surface area contributed by atoms with E-state index in [-0.39, 0.29) is 11.6 Å². The van der Waals surface area contributed by atoms with Crippen molar-refractivity contribution in [3.8, 4) is 0 Å². The summed E-state index contributed by atoms with van der Waals surface area (Å²) in [5.74, 6) is 0.705. The highest BCUT2D eigenvalue weighted by atomic mass is 79.9. The van der Waals surface area contributed by atoms with Gasteiger partial charge in [-0.05, 0) is 48.7 Å². The van der Waals surface area contributed by atoms with Gasteiger partial charge in [0.2, 0.25) is 0 Å². The highest BCUT2D eigenvalue weighted by Crippen LogP contribution is 2.44. The highest BCUT2D eigenvalue weighted by molar-refractivity contribution is 9.10. The first-order valence-electron chi connectivity index (χ1n) is 7.51. The molecule has 3 atom stereocenters. The van der Waals surface area contributed by atoms with Crippen LogP contribution in [-0.4, -0.2) is 29.5 Å². The zero-order valence-corrected chi connectivity index (χ0v) is 14.5. The topological polar surface area (TPSA) is 39.1 Å². The molecule has 2 rings (SSSR count). The summed E-state index contributed by atoms with van der Waals surface area (Å²) in [4.78, 5) is 0. The van der Waals surface area contributed by atoms with Crippen LogP contribution in [0.5, 0.6) is 0 Å². The van der Waals surface area contributed by atoms with Crippen LogP contribution in [-0.2, 0) is 11.3 Å². The van der Waals surface area contributed by atoms with E-state index in [0.717, 1.165) is 23.9 Å². The molecule has 1 saturated carbocycles. The first kappa shape index (κ1) is 16.0. The summed E-state index contributed by atoms with van der Waals surface area (Å²) >= 11 is 3.66. The smallest absolute Gasteiger partial charge is 0.0890 e. The Balaban J connectivity index is 2.41. The van der Waals surface area contributed by atoms with Gasteiger partial charge in [-0.25, -0.2) is 0 Å². The van der Waals surface area contributed by atoms with Crippen LogP contribution in [0, 0.1) is 5.92 Å². The summed E-state index contributed by atoms with van der Waals surface area (Å²) in [5, 5.41) is 7.94. The number of halogens is 1. The van der Waals surface area contributed by atoms with Crippen LogP contribution in [0.3, 0.4) is 0 Å². The molecular weight excluding hydrogens is 318 g/mol. The summed E-state index contributed by atoms with van der Waals surface area (Å²) < 4.78 is 9.18. The molecule has 1 aliphatic rings. The number of nitrogens with zero attached hydrogens (tertiary/aromatic N) is 2. The molecule has 0 saturated heterocycles. The van der Waals surface area contributed by atoms with E-state index in [2.05, 4.69) is 44.9 Å². The van der Waals surface area contributed by atoms with Crippen LogP contribution < -0.4 is 5.32 Å². The maximum Gasteiger partial charge on any atom is 0.0890 e. The molecule has 4 nitrogen and oxygen atoms in total. The molecule has 5 heteroatoms. The van der Waals surface area contributed by atoms with Crippen LogP contribution in [0.15, 0.2) is 10.7 Å². The SMILES string of the molecule is CCn1ncc(Br)c1C(NC)C1(OC)CCCC(C)C1. The van der Waals surface area contributed by atoms with Crippen molar-refractivity contribution in [2.45, 2.75) is 57.7 Å². The summed E-state index contributed by atoms with van der Waals surface area (Å²) in [6, 6.07) is 0.159. The Kier molecular flexibility index (Phi) is 5.26. The number of nitrogens with one attached hydrogen (secondary N) is 1. The molecule has 20 heavy (non-hydrogen) atoms. The van der Waals surface area contributed by atoms with Crippen LogP contribution >= 0.6 is 15.9 Å². The standard InChI is InChI=1S/C15H26BrN3O/c1-5-19-13(12(16)10-18-19)14(17-3)15(20-4)8-6-7-11(2)9-15/h10-11,14,17H,5-9H2,1-4H3.